The number of aromatic nitrogens is 1. The highest BCUT2D eigenvalue weighted by Crippen LogP contribution is 2.18. The minimum atomic E-state index is -0.189. The van der Waals surface area contributed by atoms with E-state index in [9.17, 15) is 5.11 Å². The SMILES string of the molecule is Cc1ccnc(N2CCC[C@@H](O)C2)c1. The third kappa shape index (κ3) is 2.04. The number of pyridine rings is 1. The molecule has 76 valence electrons. The van der Waals surface area contributed by atoms with Gasteiger partial charge < -0.3 is 10.0 Å². The van der Waals surface area contributed by atoms with E-state index in [1.807, 2.05) is 12.3 Å². The van der Waals surface area contributed by atoms with E-state index in [0.717, 1.165) is 31.7 Å². The highest BCUT2D eigenvalue weighted by atomic mass is 16.3. The molecule has 0 spiro atoms. The lowest BCUT2D eigenvalue weighted by Crippen LogP contribution is -2.38. The third-order valence-electron chi connectivity index (χ3n) is 2.62. The number of aliphatic hydroxyl groups excluding tert-OH is 1. The third-order valence-corrected chi connectivity index (χ3v) is 2.62. The van der Waals surface area contributed by atoms with E-state index in [4.69, 9.17) is 0 Å². The predicted molar refractivity (Wildman–Crippen MR) is 56.4 cm³/mol. The van der Waals surface area contributed by atoms with Gasteiger partial charge >= 0.3 is 0 Å². The maximum absolute atomic E-state index is 9.54. The van der Waals surface area contributed by atoms with Crippen LogP contribution in [0.4, 0.5) is 5.82 Å². The largest absolute Gasteiger partial charge is 0.391 e. The Hall–Kier alpha value is -1.09. The highest BCUT2D eigenvalue weighted by Gasteiger charge is 2.18. The second-order valence-electron chi connectivity index (χ2n) is 3.93. The molecular weight excluding hydrogens is 176 g/mol. The molecule has 3 nitrogen and oxygen atoms in total. The Labute approximate surface area is 84.4 Å². The van der Waals surface area contributed by atoms with Crippen molar-refractivity contribution in [3.05, 3.63) is 23.9 Å². The summed E-state index contributed by atoms with van der Waals surface area (Å²) in [6, 6.07) is 4.06. The summed E-state index contributed by atoms with van der Waals surface area (Å²) >= 11 is 0. The van der Waals surface area contributed by atoms with Crippen molar-refractivity contribution in [2.75, 3.05) is 18.0 Å². The standard InChI is InChI=1S/C11H16N2O/c1-9-4-5-12-11(7-9)13-6-2-3-10(14)8-13/h4-5,7,10,14H,2-3,6,8H2,1H3/t10-/m1/s1. The van der Waals surface area contributed by atoms with E-state index in [1.165, 1.54) is 5.56 Å². The number of hydrogen-bond acceptors (Lipinski definition) is 3. The molecule has 14 heavy (non-hydrogen) atoms. The van der Waals surface area contributed by atoms with E-state index < -0.39 is 0 Å². The molecule has 1 aliphatic heterocycles. The Bertz CT molecular complexity index is 314. The molecule has 0 aromatic carbocycles. The van der Waals surface area contributed by atoms with Crippen molar-refractivity contribution in [3.8, 4) is 0 Å². The van der Waals surface area contributed by atoms with E-state index in [1.54, 1.807) is 0 Å². The van der Waals surface area contributed by atoms with Gasteiger partial charge in [0.2, 0.25) is 0 Å². The van der Waals surface area contributed by atoms with Gasteiger partial charge in [0.15, 0.2) is 0 Å². The summed E-state index contributed by atoms with van der Waals surface area (Å²) in [4.78, 5) is 6.47. The molecule has 1 fully saturated rings. The van der Waals surface area contributed by atoms with Crippen LogP contribution in [-0.4, -0.2) is 29.3 Å². The Morgan fingerprint density at radius 3 is 3.14 bits per heavy atom. The molecule has 2 heterocycles. The first-order valence-electron chi connectivity index (χ1n) is 5.11. The smallest absolute Gasteiger partial charge is 0.128 e. The summed E-state index contributed by atoms with van der Waals surface area (Å²) in [5.74, 6) is 0.990. The van der Waals surface area contributed by atoms with Crippen molar-refractivity contribution in [3.63, 3.8) is 0 Å². The molecule has 1 aromatic rings. The van der Waals surface area contributed by atoms with Gasteiger partial charge in [0.25, 0.3) is 0 Å². The molecule has 0 unspecified atom stereocenters. The molecule has 0 amide bonds. The number of aliphatic hydroxyl groups is 1. The zero-order valence-corrected chi connectivity index (χ0v) is 8.48. The summed E-state index contributed by atoms with van der Waals surface area (Å²) in [6.45, 7) is 3.79. The molecule has 1 atom stereocenters. The van der Waals surface area contributed by atoms with Gasteiger partial charge in [0.05, 0.1) is 6.10 Å². The van der Waals surface area contributed by atoms with Gasteiger partial charge in [-0.3, -0.25) is 0 Å². The monoisotopic (exact) mass is 192 g/mol. The first-order valence-corrected chi connectivity index (χ1v) is 5.11. The summed E-state index contributed by atoms with van der Waals surface area (Å²) in [5, 5.41) is 9.54. The molecule has 0 bridgehead atoms. The summed E-state index contributed by atoms with van der Waals surface area (Å²) in [6.07, 6.45) is 3.61. The van der Waals surface area contributed by atoms with Crippen LogP contribution in [0.25, 0.3) is 0 Å². The number of rotatable bonds is 1. The number of piperidine rings is 1. The number of β-amino-alcohol motifs (C(OH)–C–C–N with tert-alkyl or cyclic N) is 1. The van der Waals surface area contributed by atoms with Crippen molar-refractivity contribution in [2.45, 2.75) is 25.9 Å². The van der Waals surface area contributed by atoms with Crippen LogP contribution in [0.1, 0.15) is 18.4 Å². The molecule has 0 radical (unpaired) electrons. The van der Waals surface area contributed by atoms with Crippen LogP contribution in [0.5, 0.6) is 0 Å². The van der Waals surface area contributed by atoms with Gasteiger partial charge in [-0.2, -0.15) is 0 Å². The molecule has 2 rings (SSSR count). The number of nitrogens with zero attached hydrogens (tertiary/aromatic N) is 2. The van der Waals surface area contributed by atoms with Crippen molar-refractivity contribution >= 4 is 5.82 Å². The average Bonchev–Trinajstić information content (AvgIpc) is 2.18. The molecule has 1 aromatic heterocycles. The van der Waals surface area contributed by atoms with E-state index in [-0.39, 0.29) is 6.10 Å². The molecule has 1 saturated heterocycles. The van der Waals surface area contributed by atoms with Crippen molar-refractivity contribution in [1.29, 1.82) is 0 Å². The lowest BCUT2D eigenvalue weighted by Gasteiger charge is -2.31. The maximum atomic E-state index is 9.54. The zero-order valence-electron chi connectivity index (χ0n) is 8.48. The van der Waals surface area contributed by atoms with Gasteiger partial charge in [-0.05, 0) is 37.5 Å². The van der Waals surface area contributed by atoms with Gasteiger partial charge in [0, 0.05) is 19.3 Å². The van der Waals surface area contributed by atoms with Gasteiger partial charge in [-0.25, -0.2) is 4.98 Å². The number of anilines is 1. The molecule has 0 aliphatic carbocycles. The van der Waals surface area contributed by atoms with Crippen LogP contribution in [-0.2, 0) is 0 Å². The molecule has 1 N–H and O–H groups in total. The van der Waals surface area contributed by atoms with Gasteiger partial charge in [-0.1, -0.05) is 0 Å². The van der Waals surface area contributed by atoms with E-state index in [0.29, 0.717) is 0 Å². The Morgan fingerprint density at radius 2 is 2.43 bits per heavy atom. The fourth-order valence-electron chi connectivity index (χ4n) is 1.86. The normalized spacial score (nSPS) is 22.4. The van der Waals surface area contributed by atoms with Gasteiger partial charge in [-0.15, -0.1) is 0 Å². The number of aryl methyl sites for hydroxylation is 1. The fraction of sp³-hybridized carbons (Fsp3) is 0.545. The Morgan fingerprint density at radius 1 is 1.57 bits per heavy atom. The average molecular weight is 192 g/mol. The Kier molecular flexibility index (Phi) is 2.68. The van der Waals surface area contributed by atoms with Crippen LogP contribution < -0.4 is 4.90 Å². The van der Waals surface area contributed by atoms with Crippen molar-refractivity contribution in [2.24, 2.45) is 0 Å². The predicted octanol–water partition coefficient (Wildman–Crippen LogP) is 1.35. The van der Waals surface area contributed by atoms with Gasteiger partial charge in [0.1, 0.15) is 5.82 Å². The van der Waals surface area contributed by atoms with Crippen molar-refractivity contribution in [1.82, 2.24) is 4.98 Å². The lowest BCUT2D eigenvalue weighted by molar-refractivity contribution is 0.154. The minimum absolute atomic E-state index is 0.189. The first kappa shape index (κ1) is 9.46. The quantitative estimate of drug-likeness (QED) is 0.729. The lowest BCUT2D eigenvalue weighted by atomic mass is 10.1. The fourth-order valence-corrected chi connectivity index (χ4v) is 1.86. The van der Waals surface area contributed by atoms with Crippen molar-refractivity contribution < 1.29 is 5.11 Å². The molecule has 3 heteroatoms. The van der Waals surface area contributed by atoms with Crippen LogP contribution >= 0.6 is 0 Å². The van der Waals surface area contributed by atoms with Crippen LogP contribution in [0.15, 0.2) is 18.3 Å². The highest BCUT2D eigenvalue weighted by molar-refractivity contribution is 5.41. The van der Waals surface area contributed by atoms with Crippen LogP contribution in [0, 0.1) is 6.92 Å². The minimum Gasteiger partial charge on any atom is -0.391 e. The summed E-state index contributed by atoms with van der Waals surface area (Å²) in [5.41, 5.74) is 1.22. The topological polar surface area (TPSA) is 36.4 Å². The number of hydrogen-bond donors (Lipinski definition) is 1. The zero-order chi connectivity index (χ0) is 9.97. The molecular formula is C11H16N2O. The Balaban J connectivity index is 2.14. The first-order chi connectivity index (χ1) is 6.75. The second-order valence-corrected chi connectivity index (χ2v) is 3.93. The van der Waals surface area contributed by atoms with E-state index in [2.05, 4.69) is 22.9 Å². The second kappa shape index (κ2) is 3.96. The summed E-state index contributed by atoms with van der Waals surface area (Å²) < 4.78 is 0. The molecule has 0 saturated carbocycles. The van der Waals surface area contributed by atoms with Crippen LogP contribution in [0.3, 0.4) is 0 Å². The van der Waals surface area contributed by atoms with Crippen LogP contribution in [0.2, 0.25) is 0 Å². The van der Waals surface area contributed by atoms with E-state index >= 15 is 0 Å². The maximum Gasteiger partial charge on any atom is 0.128 e. The molecule has 1 aliphatic rings. The summed E-state index contributed by atoms with van der Waals surface area (Å²) in [7, 11) is 0.